The molecule has 2 aromatic rings. The number of rotatable bonds is 5. The van der Waals surface area contributed by atoms with Crippen molar-refractivity contribution >= 4 is 17.7 Å². The number of nitrogens with zero attached hydrogens (tertiary/aromatic N) is 1. The van der Waals surface area contributed by atoms with Gasteiger partial charge in [0.15, 0.2) is 5.76 Å². The molecule has 1 aromatic heterocycles. The van der Waals surface area contributed by atoms with Crippen molar-refractivity contribution < 1.29 is 14.5 Å². The van der Waals surface area contributed by atoms with E-state index < -0.39 is 5.54 Å². The number of nitrogens with one attached hydrogen (secondary N) is 2. The van der Waals surface area contributed by atoms with Gasteiger partial charge in [-0.25, -0.2) is 5.48 Å². The van der Waals surface area contributed by atoms with E-state index >= 15 is 0 Å². The van der Waals surface area contributed by atoms with Crippen LogP contribution < -0.4 is 10.8 Å². The summed E-state index contributed by atoms with van der Waals surface area (Å²) in [5, 5.41) is 16.3. The first kappa shape index (κ1) is 16.0. The molecular weight excluding hydrogens is 314 g/mol. The van der Waals surface area contributed by atoms with Crippen molar-refractivity contribution in [3.8, 4) is 11.3 Å². The Morgan fingerprint density at radius 1 is 1.30 bits per heavy atom. The van der Waals surface area contributed by atoms with Crippen molar-refractivity contribution in [1.82, 2.24) is 16.0 Å². The highest BCUT2D eigenvalue weighted by Gasteiger charge is 2.39. The smallest absolute Gasteiger partial charge is 0.263 e. The van der Waals surface area contributed by atoms with Crippen LogP contribution in [0.5, 0.6) is 0 Å². The molecular formula is C16H19N3O3S. The van der Waals surface area contributed by atoms with Crippen molar-refractivity contribution in [1.29, 1.82) is 0 Å². The zero-order valence-electron chi connectivity index (χ0n) is 12.6. The number of carbonyl (C=O) groups is 1. The van der Waals surface area contributed by atoms with Gasteiger partial charge in [0.05, 0.1) is 5.69 Å². The average molecular weight is 333 g/mol. The Kier molecular flexibility index (Phi) is 5.00. The SMILES string of the molecule is O=C(NO)C1(NCc2cc(-c3ccccc3)on2)CCSCC1. The molecule has 1 aromatic carbocycles. The number of amides is 1. The monoisotopic (exact) mass is 333 g/mol. The molecule has 3 N–H and O–H groups in total. The number of benzene rings is 1. The molecule has 2 heterocycles. The van der Waals surface area contributed by atoms with Crippen LogP contribution in [0, 0.1) is 0 Å². The first-order valence-corrected chi connectivity index (χ1v) is 8.67. The van der Waals surface area contributed by atoms with Gasteiger partial charge in [-0.3, -0.25) is 15.3 Å². The quantitative estimate of drug-likeness (QED) is 0.574. The highest BCUT2D eigenvalue weighted by molar-refractivity contribution is 7.99. The fourth-order valence-corrected chi connectivity index (χ4v) is 3.89. The number of hydrogen-bond acceptors (Lipinski definition) is 6. The maximum Gasteiger partial charge on any atom is 0.263 e. The number of thioether (sulfide) groups is 1. The number of hydroxylamine groups is 1. The molecule has 0 unspecified atom stereocenters. The molecule has 23 heavy (non-hydrogen) atoms. The minimum Gasteiger partial charge on any atom is -0.356 e. The van der Waals surface area contributed by atoms with Gasteiger partial charge in [0, 0.05) is 18.2 Å². The second kappa shape index (κ2) is 7.16. The molecule has 0 aliphatic carbocycles. The molecule has 0 saturated carbocycles. The zero-order chi connectivity index (χ0) is 16.1. The molecule has 1 fully saturated rings. The third-order valence-electron chi connectivity index (χ3n) is 4.11. The summed E-state index contributed by atoms with van der Waals surface area (Å²) in [6.45, 7) is 0.411. The Labute approximate surface area is 138 Å². The van der Waals surface area contributed by atoms with Crippen molar-refractivity contribution in [2.75, 3.05) is 11.5 Å². The fraction of sp³-hybridized carbons (Fsp3) is 0.375. The predicted molar refractivity (Wildman–Crippen MR) is 88.0 cm³/mol. The molecule has 6 nitrogen and oxygen atoms in total. The molecule has 0 radical (unpaired) electrons. The van der Waals surface area contributed by atoms with E-state index in [1.54, 1.807) is 5.48 Å². The Hall–Kier alpha value is -1.83. The highest BCUT2D eigenvalue weighted by Crippen LogP contribution is 2.28. The minimum atomic E-state index is -0.744. The summed E-state index contributed by atoms with van der Waals surface area (Å²) in [6, 6.07) is 11.6. The van der Waals surface area contributed by atoms with Crippen LogP contribution in [-0.4, -0.2) is 33.3 Å². The van der Waals surface area contributed by atoms with E-state index in [4.69, 9.17) is 9.73 Å². The summed E-state index contributed by atoms with van der Waals surface area (Å²) in [5.74, 6) is 2.08. The maximum atomic E-state index is 12.1. The molecule has 7 heteroatoms. The first-order chi connectivity index (χ1) is 11.2. The third-order valence-corrected chi connectivity index (χ3v) is 5.09. The van der Waals surface area contributed by atoms with Gasteiger partial charge in [-0.15, -0.1) is 0 Å². The molecule has 1 saturated heterocycles. The molecule has 0 spiro atoms. The van der Waals surface area contributed by atoms with E-state index in [-0.39, 0.29) is 5.91 Å². The summed E-state index contributed by atoms with van der Waals surface area (Å²) < 4.78 is 5.37. The average Bonchev–Trinajstić information content (AvgIpc) is 3.10. The number of hydrogen-bond donors (Lipinski definition) is 3. The minimum absolute atomic E-state index is 0.385. The largest absolute Gasteiger partial charge is 0.356 e. The van der Waals surface area contributed by atoms with Gasteiger partial charge in [-0.1, -0.05) is 35.5 Å². The van der Waals surface area contributed by atoms with Crippen LogP contribution in [0.25, 0.3) is 11.3 Å². The lowest BCUT2D eigenvalue weighted by atomic mass is 9.91. The predicted octanol–water partition coefficient (Wildman–Crippen LogP) is 2.20. The molecule has 1 amide bonds. The van der Waals surface area contributed by atoms with E-state index in [0.29, 0.717) is 25.1 Å². The van der Waals surface area contributed by atoms with Crippen LogP contribution in [0.3, 0.4) is 0 Å². The fourth-order valence-electron chi connectivity index (χ4n) is 2.70. The summed E-state index contributed by atoms with van der Waals surface area (Å²) in [4.78, 5) is 12.1. The van der Waals surface area contributed by atoms with Crippen molar-refractivity contribution in [3.05, 3.63) is 42.1 Å². The van der Waals surface area contributed by atoms with Gasteiger partial charge in [0.25, 0.3) is 5.91 Å². The molecule has 0 bridgehead atoms. The maximum absolute atomic E-state index is 12.1. The van der Waals surface area contributed by atoms with Crippen molar-refractivity contribution in [3.63, 3.8) is 0 Å². The first-order valence-electron chi connectivity index (χ1n) is 7.52. The summed E-state index contributed by atoms with van der Waals surface area (Å²) in [7, 11) is 0. The topological polar surface area (TPSA) is 87.4 Å². The second-order valence-corrected chi connectivity index (χ2v) is 6.76. The van der Waals surface area contributed by atoms with E-state index in [9.17, 15) is 4.79 Å². The van der Waals surface area contributed by atoms with E-state index in [0.717, 1.165) is 22.8 Å². The van der Waals surface area contributed by atoms with Gasteiger partial charge >= 0.3 is 0 Å². The summed E-state index contributed by atoms with van der Waals surface area (Å²) in [5.41, 5.74) is 2.73. The highest BCUT2D eigenvalue weighted by atomic mass is 32.2. The van der Waals surface area contributed by atoms with E-state index in [2.05, 4.69) is 10.5 Å². The molecule has 1 aliphatic heterocycles. The normalized spacial score (nSPS) is 16.9. The van der Waals surface area contributed by atoms with Crippen molar-refractivity contribution in [2.24, 2.45) is 0 Å². The van der Waals surface area contributed by atoms with E-state index in [1.807, 2.05) is 48.2 Å². The van der Waals surface area contributed by atoms with E-state index in [1.165, 1.54) is 0 Å². The van der Waals surface area contributed by atoms with Gasteiger partial charge in [-0.2, -0.15) is 11.8 Å². The van der Waals surface area contributed by atoms with Gasteiger partial charge < -0.3 is 4.52 Å². The van der Waals surface area contributed by atoms with Gasteiger partial charge in [0.2, 0.25) is 0 Å². The molecule has 1 aliphatic rings. The van der Waals surface area contributed by atoms with Crippen LogP contribution in [0.2, 0.25) is 0 Å². The molecule has 0 atom stereocenters. The summed E-state index contributed by atoms with van der Waals surface area (Å²) in [6.07, 6.45) is 1.35. The number of aromatic nitrogens is 1. The van der Waals surface area contributed by atoms with Crippen LogP contribution in [0.1, 0.15) is 18.5 Å². The van der Waals surface area contributed by atoms with Crippen LogP contribution in [0.15, 0.2) is 40.9 Å². The summed E-state index contributed by atoms with van der Waals surface area (Å²) >= 11 is 1.81. The number of carbonyl (C=O) groups excluding carboxylic acids is 1. The molecule has 122 valence electrons. The van der Waals surface area contributed by atoms with Gasteiger partial charge in [0.1, 0.15) is 5.54 Å². The van der Waals surface area contributed by atoms with Crippen LogP contribution >= 0.6 is 11.8 Å². The van der Waals surface area contributed by atoms with Gasteiger partial charge in [-0.05, 0) is 24.3 Å². The standard InChI is InChI=1S/C16H19N3O3S/c20-15(18-21)16(6-8-23-9-7-16)17-11-13-10-14(22-19-13)12-4-2-1-3-5-12/h1-5,10,17,21H,6-9,11H2,(H,18,20). The zero-order valence-corrected chi connectivity index (χ0v) is 13.4. The Morgan fingerprint density at radius 3 is 2.74 bits per heavy atom. The van der Waals surface area contributed by atoms with Crippen LogP contribution in [-0.2, 0) is 11.3 Å². The second-order valence-electron chi connectivity index (χ2n) is 5.54. The lowest BCUT2D eigenvalue weighted by Gasteiger charge is -2.35. The molecule has 3 rings (SSSR count). The van der Waals surface area contributed by atoms with Crippen molar-refractivity contribution in [2.45, 2.75) is 24.9 Å². The van der Waals surface area contributed by atoms with Crippen LogP contribution in [0.4, 0.5) is 0 Å². The lowest BCUT2D eigenvalue weighted by Crippen LogP contribution is -2.58. The Morgan fingerprint density at radius 2 is 2.04 bits per heavy atom. The Balaban J connectivity index is 1.69. The Bertz CT molecular complexity index is 654. The lowest BCUT2D eigenvalue weighted by molar-refractivity contribution is -0.136. The third kappa shape index (κ3) is 3.57.